The van der Waals surface area contributed by atoms with Gasteiger partial charge in [-0.05, 0) is 87.2 Å². The summed E-state index contributed by atoms with van der Waals surface area (Å²) in [4.78, 5) is 86.2. The summed E-state index contributed by atoms with van der Waals surface area (Å²) in [5, 5.41) is 13.0. The van der Waals surface area contributed by atoms with Gasteiger partial charge in [0, 0.05) is 75.4 Å². The third-order valence-electron chi connectivity index (χ3n) is 16.9. The number of aliphatic hydroxyl groups is 1. The second kappa shape index (κ2) is 10.5. The van der Waals surface area contributed by atoms with Crippen LogP contribution >= 0.6 is 0 Å². The Morgan fingerprint density at radius 1 is 0.600 bits per heavy atom. The topological polar surface area (TPSA) is 150 Å². The summed E-state index contributed by atoms with van der Waals surface area (Å²) in [6.45, 7) is 21.0. The van der Waals surface area contributed by atoms with Gasteiger partial charge in [0.05, 0.1) is 16.4 Å². The molecular formula is C45H44O10. The van der Waals surface area contributed by atoms with Crippen LogP contribution in [0, 0.1) is 58.2 Å². The van der Waals surface area contributed by atoms with E-state index in [9.17, 15) is 19.5 Å². The predicted molar refractivity (Wildman–Crippen MR) is 193 cm³/mol. The fraction of sp³-hybridized carbons (Fsp3) is 0.556. The molecule has 0 unspecified atom stereocenters. The van der Waals surface area contributed by atoms with Crippen molar-refractivity contribution in [2.45, 2.75) is 94.5 Å². The zero-order valence-electron chi connectivity index (χ0n) is 30.8. The van der Waals surface area contributed by atoms with E-state index in [0.29, 0.717) is 60.8 Å². The highest BCUT2D eigenvalue weighted by atomic mass is 16.6. The molecule has 3 heterocycles. The molecule has 11 aliphatic rings. The molecule has 2 spiro atoms. The van der Waals surface area contributed by atoms with E-state index in [1.54, 1.807) is 0 Å². The summed E-state index contributed by atoms with van der Waals surface area (Å²) >= 11 is 0. The van der Waals surface area contributed by atoms with Crippen LogP contribution in [-0.4, -0.2) is 64.3 Å². The number of carbonyl (C=O) groups excluding carboxylic acids is 6. The van der Waals surface area contributed by atoms with Gasteiger partial charge in [-0.15, -0.1) is 0 Å². The Labute approximate surface area is 318 Å². The second-order valence-electron chi connectivity index (χ2n) is 18.5. The Morgan fingerprint density at radius 3 is 1.95 bits per heavy atom. The molecule has 0 aromatic rings. The molecule has 7 fully saturated rings. The summed E-state index contributed by atoms with van der Waals surface area (Å²) in [6, 6.07) is 0. The van der Waals surface area contributed by atoms with Crippen LogP contribution in [0.4, 0.5) is 0 Å². The van der Waals surface area contributed by atoms with Gasteiger partial charge in [-0.25, -0.2) is 14.4 Å². The van der Waals surface area contributed by atoms with Crippen molar-refractivity contribution in [3.05, 3.63) is 83.1 Å². The highest BCUT2D eigenvalue weighted by molar-refractivity contribution is 6.22. The average molecular weight is 745 g/mol. The first kappa shape index (κ1) is 33.9. The van der Waals surface area contributed by atoms with Crippen molar-refractivity contribution in [1.29, 1.82) is 0 Å². The van der Waals surface area contributed by atoms with Crippen molar-refractivity contribution in [2.24, 2.45) is 58.2 Å². The first-order chi connectivity index (χ1) is 26.2. The monoisotopic (exact) mass is 744 g/mol. The van der Waals surface area contributed by atoms with Gasteiger partial charge in [-0.3, -0.25) is 14.4 Å². The fourth-order valence-corrected chi connectivity index (χ4v) is 14.5. The zero-order chi connectivity index (χ0) is 38.4. The Kier molecular flexibility index (Phi) is 6.46. The van der Waals surface area contributed by atoms with E-state index < -0.39 is 76.3 Å². The lowest BCUT2D eigenvalue weighted by Gasteiger charge is -2.47. The van der Waals surface area contributed by atoms with E-state index in [0.717, 1.165) is 11.1 Å². The maximum atomic E-state index is 16.4. The smallest absolute Gasteiger partial charge is 0.334 e. The Bertz CT molecular complexity index is 2200. The molecule has 14 atom stereocenters. The fourth-order valence-electron chi connectivity index (χ4n) is 14.5. The summed E-state index contributed by atoms with van der Waals surface area (Å²) in [5.41, 5.74) is -0.745. The maximum Gasteiger partial charge on any atom is 0.334 e. The molecule has 8 aliphatic carbocycles. The molecule has 11 rings (SSSR count). The van der Waals surface area contributed by atoms with E-state index in [2.05, 4.69) is 32.9 Å². The third-order valence-corrected chi connectivity index (χ3v) is 16.9. The summed E-state index contributed by atoms with van der Waals surface area (Å²) in [5.74, 6) is -6.38. The van der Waals surface area contributed by atoms with Crippen LogP contribution in [0.3, 0.4) is 0 Å². The van der Waals surface area contributed by atoms with Gasteiger partial charge in [-0.2, -0.15) is 0 Å². The lowest BCUT2D eigenvalue weighted by molar-refractivity contribution is -0.147. The number of ketones is 3. The normalized spacial score (nSPS) is 48.0. The molecular weight excluding hydrogens is 700 g/mol. The van der Waals surface area contributed by atoms with Gasteiger partial charge in [0.25, 0.3) is 0 Å². The van der Waals surface area contributed by atoms with E-state index in [1.165, 1.54) is 0 Å². The minimum Gasteiger partial charge on any atom is -0.458 e. The average Bonchev–Trinajstić information content (AvgIpc) is 3.85. The quantitative estimate of drug-likeness (QED) is 0.157. The minimum atomic E-state index is -1.59. The Balaban J connectivity index is 1.19. The highest BCUT2D eigenvalue weighted by Gasteiger charge is 2.77. The van der Waals surface area contributed by atoms with Gasteiger partial charge in [0.15, 0.2) is 11.6 Å². The van der Waals surface area contributed by atoms with Crippen LogP contribution in [0.5, 0.6) is 0 Å². The highest BCUT2D eigenvalue weighted by Crippen LogP contribution is 2.74. The summed E-state index contributed by atoms with van der Waals surface area (Å²) in [6.07, 6.45) is 1.90. The standard InChI is InChI=1S/C45H44O10/c1-17-6-8-24-19(3)41(50)54-37(24)30-26(17)16-27(46)44(30)15-14-43(52)12-11-25-20(4)42(51)55-38(25)33-32(43)34(44)39(48)45(33)13-10-22-7-9-23-18(2)40(49)53-36(23)28-21(5)35(47)31(45)29(22)28/h22-26,28,30,33,36-38,52H,1-16H2/t22-,23+,24+,25+,26+,28+,30+,33+,36+,37+,38+,43-,44-,45-/m1/s1. The SMILES string of the molecule is C=C1C(=O)C2=C3[C@H](CC[C@H]4C(=C)C(=O)O[C@@H]4[C@@H]13)CC[C@@]21C(=O)C2=C3[C@H]1[C@H]1OC(=O)C(=C)[C@@H]1CC[C@@]3(O)CC[C@]21C(=O)C[C@H]2C(=C)CC[C@H]3C(=C)C(=O)O[C@@H]3[C@H]21. The molecule has 3 aliphatic heterocycles. The Hall–Kier alpha value is -4.44. The number of allylic oxidation sites excluding steroid dienone is 3. The number of hydrogen-bond acceptors (Lipinski definition) is 10. The van der Waals surface area contributed by atoms with Crippen LogP contribution in [-0.2, 0) is 43.0 Å². The minimum absolute atomic E-state index is 0.0980. The maximum absolute atomic E-state index is 16.4. The molecule has 3 saturated heterocycles. The first-order valence-corrected chi connectivity index (χ1v) is 20.1. The Morgan fingerprint density at radius 2 is 1.24 bits per heavy atom. The number of ether oxygens (including phenoxy) is 3. The van der Waals surface area contributed by atoms with Crippen molar-refractivity contribution in [3.63, 3.8) is 0 Å². The van der Waals surface area contributed by atoms with Gasteiger partial charge in [0.1, 0.15) is 24.1 Å². The third kappa shape index (κ3) is 3.68. The number of fused-ring (bicyclic) bond motifs is 11. The molecule has 55 heavy (non-hydrogen) atoms. The van der Waals surface area contributed by atoms with Crippen molar-refractivity contribution in [2.75, 3.05) is 0 Å². The number of hydrogen-bond donors (Lipinski definition) is 1. The molecule has 0 amide bonds. The molecule has 0 radical (unpaired) electrons. The molecule has 4 saturated carbocycles. The number of esters is 3. The van der Waals surface area contributed by atoms with Gasteiger partial charge < -0.3 is 19.3 Å². The van der Waals surface area contributed by atoms with Crippen molar-refractivity contribution in [1.82, 2.24) is 0 Å². The molecule has 10 nitrogen and oxygen atoms in total. The van der Waals surface area contributed by atoms with E-state index in [-0.39, 0.29) is 89.8 Å². The summed E-state index contributed by atoms with van der Waals surface area (Å²) < 4.78 is 18.4. The molecule has 1 N–H and O–H groups in total. The molecule has 0 aromatic carbocycles. The van der Waals surface area contributed by atoms with Crippen LogP contribution < -0.4 is 0 Å². The molecule has 284 valence electrons. The van der Waals surface area contributed by atoms with Crippen LogP contribution in [0.25, 0.3) is 0 Å². The van der Waals surface area contributed by atoms with E-state index in [4.69, 9.17) is 14.2 Å². The summed E-state index contributed by atoms with van der Waals surface area (Å²) in [7, 11) is 0. The van der Waals surface area contributed by atoms with Gasteiger partial charge in [-0.1, -0.05) is 38.5 Å². The molecule has 0 bridgehead atoms. The van der Waals surface area contributed by atoms with Crippen molar-refractivity contribution < 1.29 is 48.1 Å². The number of rotatable bonds is 0. The van der Waals surface area contributed by atoms with Crippen LogP contribution in [0.1, 0.15) is 70.6 Å². The van der Waals surface area contributed by atoms with Gasteiger partial charge >= 0.3 is 17.9 Å². The first-order valence-electron chi connectivity index (χ1n) is 20.1. The molecule has 10 heteroatoms. The van der Waals surface area contributed by atoms with Crippen LogP contribution in [0.2, 0.25) is 0 Å². The zero-order valence-corrected chi connectivity index (χ0v) is 30.8. The van der Waals surface area contributed by atoms with E-state index >= 15 is 14.4 Å². The van der Waals surface area contributed by atoms with Crippen LogP contribution in [0.15, 0.2) is 83.1 Å². The lowest BCUT2D eigenvalue weighted by atomic mass is 9.56. The van der Waals surface area contributed by atoms with E-state index in [1.807, 2.05) is 0 Å². The number of Topliss-reactive ketones (excluding diaryl/α,β-unsaturated/α-hetero) is 3. The predicted octanol–water partition coefficient (Wildman–Crippen LogP) is 4.88. The largest absolute Gasteiger partial charge is 0.458 e. The van der Waals surface area contributed by atoms with Crippen molar-refractivity contribution in [3.8, 4) is 0 Å². The lowest BCUT2D eigenvalue weighted by Crippen LogP contribution is -2.51. The van der Waals surface area contributed by atoms with Gasteiger partial charge in [0.2, 0.25) is 0 Å². The second-order valence-corrected chi connectivity index (χ2v) is 18.5. The molecule has 0 aromatic heterocycles. The number of carbonyl (C=O) groups is 6. The van der Waals surface area contributed by atoms with Crippen molar-refractivity contribution >= 4 is 35.3 Å².